The van der Waals surface area contributed by atoms with Crippen molar-refractivity contribution in [2.45, 2.75) is 0 Å². The van der Waals surface area contributed by atoms with Crippen LogP contribution in [0.25, 0.3) is 42.1 Å². The van der Waals surface area contributed by atoms with Crippen LogP contribution in [0.2, 0.25) is 5.15 Å². The summed E-state index contributed by atoms with van der Waals surface area (Å²) in [5.74, 6) is 0.698. The lowest BCUT2D eigenvalue weighted by Crippen LogP contribution is -1.81. The van der Waals surface area contributed by atoms with Gasteiger partial charge >= 0.3 is 0 Å². The van der Waals surface area contributed by atoms with Gasteiger partial charge in [-0.2, -0.15) is 0 Å². The van der Waals surface area contributed by atoms with Crippen LogP contribution in [0.4, 0.5) is 0 Å². The van der Waals surface area contributed by atoms with Crippen molar-refractivity contribution in [2.24, 2.45) is 0 Å². The zero-order valence-corrected chi connectivity index (χ0v) is 16.0. The third-order valence-corrected chi connectivity index (χ3v) is 6.35. The van der Waals surface area contributed by atoms with Crippen molar-refractivity contribution in [2.75, 3.05) is 0 Å². The smallest absolute Gasteiger partial charge is 0.169 e. The van der Waals surface area contributed by atoms with E-state index in [1.54, 1.807) is 42.2 Å². The number of thiazole rings is 1. The van der Waals surface area contributed by atoms with Gasteiger partial charge in [0.05, 0.1) is 15.4 Å². The maximum Gasteiger partial charge on any atom is 0.169 e. The highest BCUT2D eigenvalue weighted by Crippen LogP contribution is 2.39. The number of hydrogen-bond acceptors (Lipinski definition) is 8. The monoisotopic (exact) mass is 408 g/mol. The first-order chi connectivity index (χ1) is 13.3. The van der Waals surface area contributed by atoms with E-state index in [1.165, 1.54) is 17.7 Å². The van der Waals surface area contributed by atoms with Crippen LogP contribution in [0.1, 0.15) is 0 Å². The first-order valence-electron chi connectivity index (χ1n) is 7.88. The third kappa shape index (κ3) is 3.08. The second kappa shape index (κ2) is 6.73. The zero-order valence-electron chi connectivity index (χ0n) is 13.6. The molecule has 0 saturated heterocycles. The fraction of sp³-hybridized carbons (Fsp3) is 0. The van der Waals surface area contributed by atoms with Crippen LogP contribution in [0.15, 0.2) is 55.4 Å². The van der Waals surface area contributed by atoms with E-state index in [-0.39, 0.29) is 0 Å². The average molecular weight is 409 g/mol. The minimum Gasteiger partial charge on any atom is -0.244 e. The first kappa shape index (κ1) is 16.4. The van der Waals surface area contributed by atoms with Crippen LogP contribution in [0.5, 0.6) is 0 Å². The number of aromatic nitrogens is 6. The second-order valence-electron chi connectivity index (χ2n) is 5.54. The van der Waals surface area contributed by atoms with Gasteiger partial charge in [0.15, 0.2) is 5.82 Å². The molecule has 0 fully saturated rings. The molecule has 5 aromatic heterocycles. The molecule has 0 saturated carbocycles. The van der Waals surface area contributed by atoms with E-state index in [0.717, 1.165) is 36.2 Å². The Kier molecular flexibility index (Phi) is 4.08. The molecule has 6 nitrogen and oxygen atoms in total. The molecule has 130 valence electrons. The summed E-state index contributed by atoms with van der Waals surface area (Å²) in [6.07, 6.45) is 8.39. The van der Waals surface area contributed by atoms with Gasteiger partial charge in [0, 0.05) is 35.7 Å². The second-order valence-corrected chi connectivity index (χ2v) is 7.93. The standard InChI is InChI=1S/C18H9ClN6S2/c19-15-14(27-18(25-15)11-7-20-9-21-8-11)12-3-2-10-6-13(26-17(10)24-12)16-22-4-1-5-23-16/h1-9H. The summed E-state index contributed by atoms with van der Waals surface area (Å²) in [5, 5.41) is 2.24. The molecule has 0 spiro atoms. The van der Waals surface area contributed by atoms with Crippen molar-refractivity contribution in [1.29, 1.82) is 0 Å². The van der Waals surface area contributed by atoms with Gasteiger partial charge in [0.25, 0.3) is 0 Å². The van der Waals surface area contributed by atoms with Gasteiger partial charge in [-0.1, -0.05) is 11.6 Å². The SMILES string of the molecule is Clc1nc(-c2cncnc2)sc1-c1ccc2cc(-c3ncccn3)sc2n1. The minimum atomic E-state index is 0.425. The van der Waals surface area contributed by atoms with E-state index in [2.05, 4.69) is 24.9 Å². The highest BCUT2D eigenvalue weighted by Gasteiger charge is 2.16. The Hall–Kier alpha value is -2.81. The van der Waals surface area contributed by atoms with E-state index >= 15 is 0 Å². The Morgan fingerprint density at radius 3 is 2.56 bits per heavy atom. The molecule has 0 amide bonds. The molecule has 5 rings (SSSR count). The molecular formula is C18H9ClN6S2. The van der Waals surface area contributed by atoms with Gasteiger partial charge in [0.1, 0.15) is 21.3 Å². The predicted molar refractivity (Wildman–Crippen MR) is 108 cm³/mol. The summed E-state index contributed by atoms with van der Waals surface area (Å²) >= 11 is 9.41. The number of rotatable bonds is 3. The van der Waals surface area contributed by atoms with Crippen LogP contribution in [-0.4, -0.2) is 29.9 Å². The molecule has 27 heavy (non-hydrogen) atoms. The molecule has 0 aliphatic carbocycles. The minimum absolute atomic E-state index is 0.425. The summed E-state index contributed by atoms with van der Waals surface area (Å²) < 4.78 is 0. The highest BCUT2D eigenvalue weighted by atomic mass is 35.5. The quantitative estimate of drug-likeness (QED) is 0.418. The molecular weight excluding hydrogens is 400 g/mol. The third-order valence-electron chi connectivity index (χ3n) is 3.80. The molecule has 0 aliphatic heterocycles. The van der Waals surface area contributed by atoms with E-state index in [1.807, 2.05) is 18.2 Å². The van der Waals surface area contributed by atoms with Crippen molar-refractivity contribution in [3.05, 3.63) is 60.5 Å². The maximum absolute atomic E-state index is 6.38. The average Bonchev–Trinajstić information content (AvgIpc) is 3.32. The lowest BCUT2D eigenvalue weighted by atomic mass is 10.2. The largest absolute Gasteiger partial charge is 0.244 e. The molecule has 9 heteroatoms. The van der Waals surface area contributed by atoms with Gasteiger partial charge in [0.2, 0.25) is 0 Å². The lowest BCUT2D eigenvalue weighted by molar-refractivity contribution is 1.17. The van der Waals surface area contributed by atoms with Gasteiger partial charge in [-0.05, 0) is 24.3 Å². The van der Waals surface area contributed by atoms with E-state index < -0.39 is 0 Å². The molecule has 0 aliphatic rings. The zero-order chi connectivity index (χ0) is 18.2. The number of pyridine rings is 1. The number of nitrogens with zero attached hydrogens (tertiary/aromatic N) is 6. The van der Waals surface area contributed by atoms with Crippen molar-refractivity contribution in [3.8, 4) is 31.8 Å². The molecule has 0 unspecified atom stereocenters. The van der Waals surface area contributed by atoms with Crippen LogP contribution >= 0.6 is 34.3 Å². The Balaban J connectivity index is 1.57. The van der Waals surface area contributed by atoms with Crippen molar-refractivity contribution < 1.29 is 0 Å². The van der Waals surface area contributed by atoms with Crippen LogP contribution in [0, 0.1) is 0 Å². The summed E-state index contributed by atoms with van der Waals surface area (Å²) in [6.45, 7) is 0. The number of fused-ring (bicyclic) bond motifs is 1. The van der Waals surface area contributed by atoms with Crippen LogP contribution < -0.4 is 0 Å². The number of thiophene rings is 1. The Morgan fingerprint density at radius 1 is 0.926 bits per heavy atom. The van der Waals surface area contributed by atoms with Crippen LogP contribution in [0.3, 0.4) is 0 Å². The summed E-state index contributed by atoms with van der Waals surface area (Å²) in [7, 11) is 0. The van der Waals surface area contributed by atoms with Crippen molar-refractivity contribution in [3.63, 3.8) is 0 Å². The van der Waals surface area contributed by atoms with Crippen molar-refractivity contribution >= 4 is 44.5 Å². The Bertz CT molecular complexity index is 1240. The van der Waals surface area contributed by atoms with Crippen LogP contribution in [-0.2, 0) is 0 Å². The molecule has 0 radical (unpaired) electrons. The van der Waals surface area contributed by atoms with E-state index in [0.29, 0.717) is 11.0 Å². The van der Waals surface area contributed by atoms with Gasteiger partial charge in [-0.3, -0.25) is 0 Å². The first-order valence-corrected chi connectivity index (χ1v) is 9.89. The molecule has 0 atom stereocenters. The fourth-order valence-corrected chi connectivity index (χ4v) is 4.80. The van der Waals surface area contributed by atoms with Gasteiger partial charge < -0.3 is 0 Å². The number of hydrogen-bond donors (Lipinski definition) is 0. The topological polar surface area (TPSA) is 77.3 Å². The maximum atomic E-state index is 6.38. The highest BCUT2D eigenvalue weighted by molar-refractivity contribution is 7.22. The van der Waals surface area contributed by atoms with E-state index in [4.69, 9.17) is 16.6 Å². The lowest BCUT2D eigenvalue weighted by Gasteiger charge is -1.97. The predicted octanol–water partition coefficient (Wildman–Crippen LogP) is 4.99. The normalized spacial score (nSPS) is 11.1. The Labute approximate surface area is 166 Å². The van der Waals surface area contributed by atoms with Gasteiger partial charge in [-0.15, -0.1) is 22.7 Å². The summed E-state index contributed by atoms with van der Waals surface area (Å²) in [5.41, 5.74) is 1.62. The molecule has 5 aromatic rings. The van der Waals surface area contributed by atoms with Gasteiger partial charge in [-0.25, -0.2) is 29.9 Å². The fourth-order valence-electron chi connectivity index (χ4n) is 2.57. The number of halogens is 1. The van der Waals surface area contributed by atoms with Crippen molar-refractivity contribution in [1.82, 2.24) is 29.9 Å². The Morgan fingerprint density at radius 2 is 1.74 bits per heavy atom. The molecule has 5 heterocycles. The summed E-state index contributed by atoms with van der Waals surface area (Å²) in [6, 6.07) is 7.83. The summed E-state index contributed by atoms with van der Waals surface area (Å²) in [4.78, 5) is 28.6. The molecule has 0 bridgehead atoms. The molecule has 0 aromatic carbocycles. The molecule has 0 N–H and O–H groups in total. The van der Waals surface area contributed by atoms with E-state index in [9.17, 15) is 0 Å².